The number of nitrogens with zero attached hydrogens (tertiary/aromatic N) is 1. The van der Waals surface area contributed by atoms with Crippen molar-refractivity contribution in [3.8, 4) is 0 Å². The molecule has 0 amide bonds. The molecule has 0 aliphatic carbocycles. The molecule has 3 rings (SSSR count). The van der Waals surface area contributed by atoms with Crippen molar-refractivity contribution in [2.45, 2.75) is 6.42 Å². The van der Waals surface area contributed by atoms with Crippen LogP contribution in [0.4, 0.5) is 4.39 Å². The van der Waals surface area contributed by atoms with E-state index in [1.165, 1.54) is 6.07 Å². The van der Waals surface area contributed by atoms with E-state index in [-0.39, 0.29) is 5.82 Å². The van der Waals surface area contributed by atoms with Crippen LogP contribution in [0.2, 0.25) is 0 Å². The van der Waals surface area contributed by atoms with Gasteiger partial charge in [0.15, 0.2) is 0 Å². The Morgan fingerprint density at radius 3 is 2.58 bits per heavy atom. The number of halogens is 3. The highest BCUT2D eigenvalue weighted by molar-refractivity contribution is 9.10. The fourth-order valence-corrected chi connectivity index (χ4v) is 2.53. The number of aromatic nitrogens is 2. The highest BCUT2D eigenvalue weighted by Gasteiger charge is 2.07. The van der Waals surface area contributed by atoms with Gasteiger partial charge in [0.2, 0.25) is 0 Å². The van der Waals surface area contributed by atoms with Gasteiger partial charge in [-0.3, -0.25) is 0 Å². The molecule has 1 heterocycles. The number of aromatic amines is 1. The maximum Gasteiger partial charge on any atom is 0.139 e. The molecule has 0 spiro atoms. The molecule has 0 aliphatic heterocycles. The second kappa shape index (κ2) is 5.06. The average Bonchev–Trinajstić information content (AvgIpc) is 2.74. The van der Waals surface area contributed by atoms with Gasteiger partial charge < -0.3 is 4.98 Å². The maximum atomic E-state index is 13.4. The Morgan fingerprint density at radius 2 is 1.84 bits per heavy atom. The van der Waals surface area contributed by atoms with Crippen LogP contribution in [-0.2, 0) is 6.42 Å². The van der Waals surface area contributed by atoms with Gasteiger partial charge in [-0.1, -0.05) is 28.1 Å². The Morgan fingerprint density at radius 1 is 1.11 bits per heavy atom. The van der Waals surface area contributed by atoms with Crippen molar-refractivity contribution >= 4 is 42.9 Å². The van der Waals surface area contributed by atoms with E-state index in [4.69, 9.17) is 0 Å². The highest BCUT2D eigenvalue weighted by Crippen LogP contribution is 2.22. The Balaban J connectivity index is 1.95. The van der Waals surface area contributed by atoms with Gasteiger partial charge in [-0.25, -0.2) is 9.37 Å². The molecule has 1 aromatic heterocycles. The number of rotatable bonds is 2. The van der Waals surface area contributed by atoms with Crippen molar-refractivity contribution in [3.05, 3.63) is 62.5 Å². The molecule has 0 aliphatic rings. The van der Waals surface area contributed by atoms with Crippen molar-refractivity contribution in [1.29, 1.82) is 0 Å². The molecular formula is C14H9Br2FN2. The molecule has 0 fully saturated rings. The van der Waals surface area contributed by atoms with E-state index in [1.807, 2.05) is 24.3 Å². The molecule has 1 N–H and O–H groups in total. The molecule has 0 saturated carbocycles. The molecule has 19 heavy (non-hydrogen) atoms. The molecule has 0 saturated heterocycles. The molecule has 3 aromatic rings. The number of imidazole rings is 1. The minimum absolute atomic E-state index is 0.286. The number of hydrogen-bond acceptors (Lipinski definition) is 1. The predicted octanol–water partition coefficient (Wildman–Crippen LogP) is 4.82. The molecule has 0 atom stereocenters. The van der Waals surface area contributed by atoms with Crippen molar-refractivity contribution in [3.63, 3.8) is 0 Å². The molecule has 2 nitrogen and oxygen atoms in total. The van der Waals surface area contributed by atoms with Crippen LogP contribution in [0.3, 0.4) is 0 Å². The lowest BCUT2D eigenvalue weighted by molar-refractivity contribution is 0.623. The second-order valence-corrected chi connectivity index (χ2v) is 6.04. The van der Waals surface area contributed by atoms with E-state index in [0.29, 0.717) is 16.4 Å². The third kappa shape index (κ3) is 2.72. The van der Waals surface area contributed by atoms with Crippen molar-refractivity contribution < 1.29 is 4.39 Å². The van der Waals surface area contributed by atoms with E-state index in [2.05, 4.69) is 41.8 Å². The minimum Gasteiger partial charge on any atom is -0.342 e. The van der Waals surface area contributed by atoms with Crippen LogP contribution in [-0.4, -0.2) is 9.97 Å². The summed E-state index contributed by atoms with van der Waals surface area (Å²) in [5, 5.41) is 0. The summed E-state index contributed by atoms with van der Waals surface area (Å²) in [4.78, 5) is 7.61. The summed E-state index contributed by atoms with van der Waals surface area (Å²) in [5.41, 5.74) is 2.63. The molecule has 0 unspecified atom stereocenters. The highest BCUT2D eigenvalue weighted by atomic mass is 79.9. The van der Waals surface area contributed by atoms with Gasteiger partial charge in [-0.15, -0.1) is 0 Å². The van der Waals surface area contributed by atoms with E-state index in [9.17, 15) is 4.39 Å². The average molecular weight is 384 g/mol. The lowest BCUT2D eigenvalue weighted by Gasteiger charge is -1.97. The van der Waals surface area contributed by atoms with Crippen LogP contribution in [0.15, 0.2) is 45.3 Å². The number of nitrogens with one attached hydrogen (secondary N) is 1. The van der Waals surface area contributed by atoms with Gasteiger partial charge >= 0.3 is 0 Å². The normalized spacial score (nSPS) is 11.1. The third-order valence-electron chi connectivity index (χ3n) is 2.86. The summed E-state index contributed by atoms with van der Waals surface area (Å²) in [5.74, 6) is 0.543. The monoisotopic (exact) mass is 382 g/mol. The molecule has 2 aromatic carbocycles. The quantitative estimate of drug-likeness (QED) is 0.675. The second-order valence-electron chi connectivity index (χ2n) is 4.27. The third-order valence-corrected chi connectivity index (χ3v) is 3.99. The van der Waals surface area contributed by atoms with Crippen LogP contribution < -0.4 is 0 Å². The Hall–Kier alpha value is -1.20. The first-order valence-electron chi connectivity index (χ1n) is 5.70. The number of fused-ring (bicyclic) bond motifs is 1. The van der Waals surface area contributed by atoms with Gasteiger partial charge in [0.1, 0.15) is 11.6 Å². The van der Waals surface area contributed by atoms with E-state index in [1.54, 1.807) is 6.07 Å². The molecule has 96 valence electrons. The van der Waals surface area contributed by atoms with E-state index < -0.39 is 0 Å². The zero-order valence-electron chi connectivity index (χ0n) is 9.75. The molecular weight excluding hydrogens is 375 g/mol. The first-order chi connectivity index (χ1) is 9.11. The summed E-state index contributed by atoms with van der Waals surface area (Å²) in [6.07, 6.45) is 0.696. The summed E-state index contributed by atoms with van der Waals surface area (Å²) in [6.45, 7) is 0. The first kappa shape index (κ1) is 12.8. The van der Waals surface area contributed by atoms with Crippen molar-refractivity contribution in [2.75, 3.05) is 0 Å². The minimum atomic E-state index is -0.286. The number of H-pyrrole nitrogens is 1. The number of benzene rings is 2. The van der Waals surface area contributed by atoms with Gasteiger partial charge in [0.05, 0.1) is 15.5 Å². The van der Waals surface area contributed by atoms with Gasteiger partial charge in [0, 0.05) is 17.0 Å². The molecule has 0 radical (unpaired) electrons. The Bertz CT molecular complexity index is 696. The van der Waals surface area contributed by atoms with Gasteiger partial charge in [-0.2, -0.15) is 0 Å². The van der Waals surface area contributed by atoms with Crippen LogP contribution in [0, 0.1) is 5.82 Å². The fraction of sp³-hybridized carbons (Fsp3) is 0.0714. The van der Waals surface area contributed by atoms with Crippen LogP contribution >= 0.6 is 31.9 Å². The first-order valence-corrected chi connectivity index (χ1v) is 7.28. The summed E-state index contributed by atoms with van der Waals surface area (Å²) in [6, 6.07) is 11.2. The molecule has 0 bridgehead atoms. The lowest BCUT2D eigenvalue weighted by Crippen LogP contribution is -1.89. The predicted molar refractivity (Wildman–Crippen MR) is 80.7 cm³/mol. The zero-order valence-corrected chi connectivity index (χ0v) is 12.9. The van der Waals surface area contributed by atoms with Gasteiger partial charge in [-0.05, 0) is 39.7 Å². The van der Waals surface area contributed by atoms with Crippen LogP contribution in [0.25, 0.3) is 11.0 Å². The largest absolute Gasteiger partial charge is 0.342 e. The van der Waals surface area contributed by atoms with Crippen LogP contribution in [0.5, 0.6) is 0 Å². The van der Waals surface area contributed by atoms with Crippen molar-refractivity contribution in [2.24, 2.45) is 0 Å². The maximum absolute atomic E-state index is 13.4. The van der Waals surface area contributed by atoms with E-state index >= 15 is 0 Å². The topological polar surface area (TPSA) is 28.7 Å². The summed E-state index contributed by atoms with van der Waals surface area (Å²) in [7, 11) is 0. The van der Waals surface area contributed by atoms with E-state index in [0.717, 1.165) is 21.4 Å². The summed E-state index contributed by atoms with van der Waals surface area (Å²) >= 11 is 6.57. The Labute approximate surface area is 126 Å². The summed E-state index contributed by atoms with van der Waals surface area (Å²) < 4.78 is 14.9. The number of hydrogen-bond donors (Lipinski definition) is 1. The smallest absolute Gasteiger partial charge is 0.139 e. The van der Waals surface area contributed by atoms with Crippen LogP contribution in [0.1, 0.15) is 11.4 Å². The SMILES string of the molecule is Fc1cc2[nH]c(Cc3ccc(Br)cc3)nc2cc1Br. The standard InChI is InChI=1S/C14H9Br2FN2/c15-9-3-1-8(2-4-9)5-14-18-12-6-10(16)11(17)7-13(12)19-14/h1-4,6-7H,5H2,(H,18,19). The Kier molecular flexibility index (Phi) is 3.41. The van der Waals surface area contributed by atoms with Crippen molar-refractivity contribution in [1.82, 2.24) is 9.97 Å². The zero-order chi connectivity index (χ0) is 13.4. The molecule has 5 heteroatoms. The van der Waals surface area contributed by atoms with Gasteiger partial charge in [0.25, 0.3) is 0 Å². The fourth-order valence-electron chi connectivity index (χ4n) is 1.94. The lowest BCUT2D eigenvalue weighted by atomic mass is 10.1.